The van der Waals surface area contributed by atoms with E-state index in [0.29, 0.717) is 23.7 Å². The van der Waals surface area contributed by atoms with E-state index < -0.39 is 21.7 Å². The molecule has 0 aromatic heterocycles. The Morgan fingerprint density at radius 1 is 1.08 bits per heavy atom. The SMILES string of the molecule is CCCC(=O)N(CCC(=O)N[C@@H](CS)CC(C)C)Cc1ccc(-c2ccccc2S(=O)(=O)NC(C)=O)cc1F. The van der Waals surface area contributed by atoms with Gasteiger partial charge in [-0.3, -0.25) is 14.4 Å². The van der Waals surface area contributed by atoms with Crippen LogP contribution in [0.2, 0.25) is 0 Å². The highest BCUT2D eigenvalue weighted by Crippen LogP contribution is 2.29. The van der Waals surface area contributed by atoms with E-state index >= 15 is 4.39 Å². The average Bonchev–Trinajstić information content (AvgIpc) is 2.86. The number of carbonyl (C=O) groups is 3. The molecule has 0 bridgehead atoms. The number of benzene rings is 2. The summed E-state index contributed by atoms with van der Waals surface area (Å²) in [7, 11) is -4.15. The Hall–Kier alpha value is -2.92. The fourth-order valence-corrected chi connectivity index (χ4v) is 5.64. The van der Waals surface area contributed by atoms with Crippen molar-refractivity contribution in [2.24, 2.45) is 5.92 Å². The topological polar surface area (TPSA) is 113 Å². The molecule has 1 atom stereocenters. The fourth-order valence-electron chi connectivity index (χ4n) is 4.18. The maximum Gasteiger partial charge on any atom is 0.264 e. The van der Waals surface area contributed by atoms with Gasteiger partial charge in [0.25, 0.3) is 10.0 Å². The van der Waals surface area contributed by atoms with Crippen LogP contribution >= 0.6 is 12.6 Å². The predicted molar refractivity (Wildman–Crippen MR) is 153 cm³/mol. The van der Waals surface area contributed by atoms with Crippen LogP contribution < -0.4 is 10.0 Å². The van der Waals surface area contributed by atoms with Crippen LogP contribution in [0.5, 0.6) is 0 Å². The molecular weight excluding hydrogens is 541 g/mol. The summed E-state index contributed by atoms with van der Waals surface area (Å²) in [6, 6.07) is 10.2. The average molecular weight is 580 g/mol. The second-order valence-corrected chi connectivity index (χ2v) is 11.9. The summed E-state index contributed by atoms with van der Waals surface area (Å²) in [4.78, 5) is 38.0. The maximum absolute atomic E-state index is 15.3. The summed E-state index contributed by atoms with van der Waals surface area (Å²) in [5, 5.41) is 2.95. The van der Waals surface area contributed by atoms with E-state index in [9.17, 15) is 22.8 Å². The number of rotatable bonds is 14. The van der Waals surface area contributed by atoms with Crippen LogP contribution in [0, 0.1) is 11.7 Å². The first-order valence-electron chi connectivity index (χ1n) is 13.0. The van der Waals surface area contributed by atoms with Crippen LogP contribution in [-0.2, 0) is 31.0 Å². The van der Waals surface area contributed by atoms with Gasteiger partial charge in [0, 0.05) is 55.8 Å². The minimum Gasteiger partial charge on any atom is -0.352 e. The van der Waals surface area contributed by atoms with Crippen molar-refractivity contribution < 1.29 is 27.2 Å². The van der Waals surface area contributed by atoms with E-state index in [4.69, 9.17) is 0 Å². The van der Waals surface area contributed by atoms with E-state index in [2.05, 4.69) is 31.8 Å². The number of hydrogen-bond donors (Lipinski definition) is 3. The van der Waals surface area contributed by atoms with Gasteiger partial charge in [-0.15, -0.1) is 0 Å². The van der Waals surface area contributed by atoms with E-state index in [1.165, 1.54) is 35.2 Å². The van der Waals surface area contributed by atoms with Crippen molar-refractivity contribution in [3.8, 4) is 11.1 Å². The minimum absolute atomic E-state index is 0.0357. The Morgan fingerprint density at radius 3 is 2.36 bits per heavy atom. The zero-order valence-corrected chi connectivity index (χ0v) is 24.6. The molecule has 0 saturated heterocycles. The van der Waals surface area contributed by atoms with E-state index in [0.717, 1.165) is 13.3 Å². The third-order valence-corrected chi connectivity index (χ3v) is 7.88. The van der Waals surface area contributed by atoms with Crippen molar-refractivity contribution in [1.82, 2.24) is 14.9 Å². The monoisotopic (exact) mass is 579 g/mol. The maximum atomic E-state index is 15.3. The molecule has 0 saturated carbocycles. The highest BCUT2D eigenvalue weighted by atomic mass is 32.2. The summed E-state index contributed by atoms with van der Waals surface area (Å²) >= 11 is 4.31. The van der Waals surface area contributed by atoms with Crippen LogP contribution in [-0.4, -0.2) is 49.4 Å². The Labute approximate surface area is 236 Å². The fraction of sp³-hybridized carbons (Fsp3) is 0.464. The summed E-state index contributed by atoms with van der Waals surface area (Å²) in [5.41, 5.74) is 0.765. The summed E-state index contributed by atoms with van der Waals surface area (Å²) in [5.74, 6) is -0.837. The van der Waals surface area contributed by atoms with E-state index in [1.807, 2.05) is 11.6 Å². The molecule has 39 heavy (non-hydrogen) atoms. The quantitative estimate of drug-likeness (QED) is 0.289. The standard InChI is InChI=1S/C28H38FN3O5S2/c1-5-8-28(35)32(14-13-27(34)30-23(18-38)15-19(2)3)17-22-12-11-21(16-25(22)29)24-9-6-7-10-26(24)39(36,37)31-20(4)33/h6-7,9-12,16,19,23,38H,5,8,13-15,17-18H2,1-4H3,(H,30,34)(H,31,33)/t23-/m1/s1. The first-order chi connectivity index (χ1) is 18.4. The lowest BCUT2D eigenvalue weighted by Crippen LogP contribution is -2.40. The Kier molecular flexibility index (Phi) is 12.4. The lowest BCUT2D eigenvalue weighted by molar-refractivity contribution is -0.132. The Balaban J connectivity index is 2.24. The third kappa shape index (κ3) is 9.96. The van der Waals surface area contributed by atoms with Crippen LogP contribution in [0.15, 0.2) is 47.4 Å². The predicted octanol–water partition coefficient (Wildman–Crippen LogP) is 4.30. The lowest BCUT2D eigenvalue weighted by atomic mass is 10.0. The number of sulfonamides is 1. The number of halogens is 1. The largest absolute Gasteiger partial charge is 0.352 e. The van der Waals surface area contributed by atoms with Crippen LogP contribution in [0.3, 0.4) is 0 Å². The van der Waals surface area contributed by atoms with E-state index in [-0.39, 0.29) is 59.8 Å². The highest BCUT2D eigenvalue weighted by molar-refractivity contribution is 7.90. The number of hydrogen-bond acceptors (Lipinski definition) is 6. The van der Waals surface area contributed by atoms with Crippen LogP contribution in [0.1, 0.15) is 58.9 Å². The molecule has 3 amide bonds. The molecule has 0 fully saturated rings. The molecule has 0 radical (unpaired) electrons. The molecule has 0 aliphatic rings. The van der Waals surface area contributed by atoms with Gasteiger partial charge in [0.2, 0.25) is 17.7 Å². The van der Waals surface area contributed by atoms with Crippen LogP contribution in [0.25, 0.3) is 11.1 Å². The number of nitrogens with zero attached hydrogens (tertiary/aromatic N) is 1. The highest BCUT2D eigenvalue weighted by Gasteiger charge is 2.22. The number of nitrogens with one attached hydrogen (secondary N) is 2. The normalized spacial score (nSPS) is 12.2. The summed E-state index contributed by atoms with van der Waals surface area (Å²) in [6.07, 6.45) is 1.74. The first kappa shape index (κ1) is 32.3. The Morgan fingerprint density at radius 2 is 1.77 bits per heavy atom. The van der Waals surface area contributed by atoms with Crippen molar-refractivity contribution in [3.63, 3.8) is 0 Å². The molecule has 2 rings (SSSR count). The smallest absolute Gasteiger partial charge is 0.264 e. The molecule has 214 valence electrons. The van der Waals surface area contributed by atoms with Crippen molar-refractivity contribution in [3.05, 3.63) is 53.8 Å². The van der Waals surface area contributed by atoms with Gasteiger partial charge in [0.15, 0.2) is 0 Å². The molecule has 2 aromatic rings. The second kappa shape index (κ2) is 15.0. The number of thiol groups is 1. The summed E-state index contributed by atoms with van der Waals surface area (Å²) < 4.78 is 42.5. The Bertz CT molecular complexity index is 1270. The second-order valence-electron chi connectivity index (χ2n) is 9.86. The van der Waals surface area contributed by atoms with E-state index in [1.54, 1.807) is 12.1 Å². The molecule has 8 nitrogen and oxygen atoms in total. The number of carbonyl (C=O) groups excluding carboxylic acids is 3. The van der Waals surface area contributed by atoms with Crippen LogP contribution in [0.4, 0.5) is 4.39 Å². The third-order valence-electron chi connectivity index (χ3n) is 5.95. The molecule has 2 N–H and O–H groups in total. The molecule has 0 aliphatic carbocycles. The van der Waals surface area contributed by atoms with Crippen molar-refractivity contribution in [1.29, 1.82) is 0 Å². The molecular formula is C28H38FN3O5S2. The molecule has 0 heterocycles. The van der Waals surface area contributed by atoms with Crippen molar-refractivity contribution in [2.45, 2.75) is 70.9 Å². The van der Waals surface area contributed by atoms with Gasteiger partial charge in [-0.05, 0) is 36.5 Å². The minimum atomic E-state index is -4.15. The lowest BCUT2D eigenvalue weighted by Gasteiger charge is -2.24. The zero-order chi connectivity index (χ0) is 29.2. The van der Waals surface area contributed by atoms with Gasteiger partial charge in [0.05, 0.1) is 4.90 Å². The van der Waals surface area contributed by atoms with Gasteiger partial charge in [-0.2, -0.15) is 12.6 Å². The molecule has 0 aliphatic heterocycles. The van der Waals surface area contributed by atoms with Gasteiger partial charge in [-0.25, -0.2) is 17.5 Å². The van der Waals surface area contributed by atoms with Gasteiger partial charge < -0.3 is 10.2 Å². The molecule has 0 unspecified atom stereocenters. The molecule has 2 aromatic carbocycles. The number of amides is 3. The van der Waals surface area contributed by atoms with Gasteiger partial charge >= 0.3 is 0 Å². The van der Waals surface area contributed by atoms with Crippen molar-refractivity contribution in [2.75, 3.05) is 12.3 Å². The van der Waals surface area contributed by atoms with Crippen molar-refractivity contribution >= 4 is 40.4 Å². The molecule has 0 spiro atoms. The molecule has 11 heteroatoms. The first-order valence-corrected chi connectivity index (χ1v) is 15.1. The van der Waals surface area contributed by atoms with Gasteiger partial charge in [0.1, 0.15) is 5.82 Å². The van der Waals surface area contributed by atoms with Gasteiger partial charge in [-0.1, -0.05) is 51.1 Å². The zero-order valence-electron chi connectivity index (χ0n) is 22.9. The summed E-state index contributed by atoms with van der Waals surface area (Å²) in [6.45, 7) is 7.18.